The van der Waals surface area contributed by atoms with Gasteiger partial charge in [-0.05, 0) is 35.6 Å². The average molecular weight is 465 g/mol. The lowest BCUT2D eigenvalue weighted by atomic mass is 10.0. The number of benzene rings is 1. The molecule has 0 aliphatic rings. The zero-order chi connectivity index (χ0) is 16.8. The van der Waals surface area contributed by atoms with Crippen molar-refractivity contribution in [1.29, 1.82) is 0 Å². The van der Waals surface area contributed by atoms with Crippen LogP contribution in [0.5, 0.6) is 0 Å². The lowest BCUT2D eigenvalue weighted by Crippen LogP contribution is -2.38. The van der Waals surface area contributed by atoms with E-state index in [1.165, 1.54) is 22.6 Å². The number of aliphatic imine (C=N–C) groups is 1. The molecule has 3 nitrogen and oxygen atoms in total. The van der Waals surface area contributed by atoms with E-state index in [0.29, 0.717) is 24.6 Å². The third-order valence-corrected chi connectivity index (χ3v) is 4.70. The Hall–Kier alpha value is -1.22. The maximum absolute atomic E-state index is 13.8. The highest BCUT2D eigenvalue weighted by Gasteiger charge is 2.12. The molecular formula is C17H22F2IN3S. The van der Waals surface area contributed by atoms with E-state index in [1.807, 2.05) is 6.92 Å². The van der Waals surface area contributed by atoms with E-state index in [9.17, 15) is 8.78 Å². The Morgan fingerprint density at radius 3 is 2.58 bits per heavy atom. The first kappa shape index (κ1) is 20.8. The molecule has 1 aromatic carbocycles. The first-order chi connectivity index (χ1) is 11.0. The lowest BCUT2D eigenvalue weighted by Gasteiger charge is -2.17. The van der Waals surface area contributed by atoms with Crippen LogP contribution in [0.25, 0.3) is 0 Å². The molecule has 7 heteroatoms. The summed E-state index contributed by atoms with van der Waals surface area (Å²) < 4.78 is 26.7. The molecule has 0 saturated heterocycles. The summed E-state index contributed by atoms with van der Waals surface area (Å²) in [6, 6.07) is 5.76. The first-order valence-corrected chi connectivity index (χ1v) is 8.31. The molecule has 2 rings (SSSR count). The summed E-state index contributed by atoms with van der Waals surface area (Å²) in [4.78, 5) is 5.42. The van der Waals surface area contributed by atoms with Crippen molar-refractivity contribution in [3.05, 3.63) is 57.3 Å². The Morgan fingerprint density at radius 1 is 1.25 bits per heavy atom. The van der Waals surface area contributed by atoms with Crippen LogP contribution in [-0.4, -0.2) is 19.6 Å². The summed E-state index contributed by atoms with van der Waals surface area (Å²) in [6.45, 7) is 5.16. The van der Waals surface area contributed by atoms with Crippen molar-refractivity contribution >= 4 is 41.3 Å². The van der Waals surface area contributed by atoms with Gasteiger partial charge in [0.1, 0.15) is 11.6 Å². The van der Waals surface area contributed by atoms with Gasteiger partial charge in [0, 0.05) is 30.5 Å². The maximum Gasteiger partial charge on any atom is 0.191 e. The zero-order valence-corrected chi connectivity index (χ0v) is 17.0. The topological polar surface area (TPSA) is 36.4 Å². The minimum Gasteiger partial charge on any atom is -0.356 e. The Balaban J connectivity index is 0.00000288. The average Bonchev–Trinajstić information content (AvgIpc) is 2.92. The monoisotopic (exact) mass is 465 g/mol. The van der Waals surface area contributed by atoms with Crippen LogP contribution in [0.15, 0.2) is 34.6 Å². The SMILES string of the molecule is CN=C(NCc1sccc1C)NCC(C)c1ccc(F)cc1F.I. The molecule has 0 saturated carbocycles. The van der Waals surface area contributed by atoms with E-state index in [4.69, 9.17) is 0 Å². The molecule has 0 spiro atoms. The summed E-state index contributed by atoms with van der Waals surface area (Å²) in [5.41, 5.74) is 1.74. The van der Waals surface area contributed by atoms with E-state index in [0.717, 1.165) is 6.07 Å². The largest absolute Gasteiger partial charge is 0.356 e. The fourth-order valence-electron chi connectivity index (χ4n) is 2.23. The van der Waals surface area contributed by atoms with Gasteiger partial charge < -0.3 is 10.6 Å². The second-order valence-corrected chi connectivity index (χ2v) is 6.40. The van der Waals surface area contributed by atoms with Gasteiger partial charge in [-0.15, -0.1) is 35.3 Å². The van der Waals surface area contributed by atoms with Gasteiger partial charge in [0.2, 0.25) is 0 Å². The molecule has 0 amide bonds. The fourth-order valence-corrected chi connectivity index (χ4v) is 3.08. The summed E-state index contributed by atoms with van der Waals surface area (Å²) in [5, 5.41) is 8.47. The minimum absolute atomic E-state index is 0. The van der Waals surface area contributed by atoms with Gasteiger partial charge in [0.05, 0.1) is 6.54 Å². The smallest absolute Gasteiger partial charge is 0.191 e. The van der Waals surface area contributed by atoms with Crippen molar-refractivity contribution in [3.8, 4) is 0 Å². The van der Waals surface area contributed by atoms with Crippen molar-refractivity contribution in [2.45, 2.75) is 26.3 Å². The standard InChI is InChI=1S/C17H21F2N3S.HI/c1-11-6-7-23-16(11)10-22-17(20-3)21-9-12(2)14-5-4-13(18)8-15(14)19;/h4-8,12H,9-10H2,1-3H3,(H2,20,21,22);1H. The van der Waals surface area contributed by atoms with Crippen LogP contribution in [0.3, 0.4) is 0 Å². The van der Waals surface area contributed by atoms with Crippen molar-refractivity contribution in [3.63, 3.8) is 0 Å². The minimum atomic E-state index is -0.560. The summed E-state index contributed by atoms with van der Waals surface area (Å²) >= 11 is 1.70. The van der Waals surface area contributed by atoms with E-state index in [1.54, 1.807) is 18.4 Å². The number of aryl methyl sites for hydroxylation is 1. The van der Waals surface area contributed by atoms with Gasteiger partial charge in [0.15, 0.2) is 5.96 Å². The van der Waals surface area contributed by atoms with Crippen LogP contribution >= 0.6 is 35.3 Å². The van der Waals surface area contributed by atoms with E-state index >= 15 is 0 Å². The molecular weight excluding hydrogens is 443 g/mol. The van der Waals surface area contributed by atoms with E-state index < -0.39 is 11.6 Å². The summed E-state index contributed by atoms with van der Waals surface area (Å²) in [5.74, 6) is -0.517. The van der Waals surface area contributed by atoms with Gasteiger partial charge in [-0.25, -0.2) is 8.78 Å². The van der Waals surface area contributed by atoms with Crippen molar-refractivity contribution in [2.24, 2.45) is 4.99 Å². The van der Waals surface area contributed by atoms with Crippen LogP contribution in [0.2, 0.25) is 0 Å². The van der Waals surface area contributed by atoms with E-state index in [-0.39, 0.29) is 29.9 Å². The molecule has 2 aromatic rings. The number of thiophene rings is 1. The predicted molar refractivity (Wildman–Crippen MR) is 107 cm³/mol. The number of rotatable bonds is 5. The first-order valence-electron chi connectivity index (χ1n) is 7.43. The molecule has 0 bridgehead atoms. The van der Waals surface area contributed by atoms with Gasteiger partial charge >= 0.3 is 0 Å². The quantitative estimate of drug-likeness (QED) is 0.390. The second kappa shape index (κ2) is 9.93. The van der Waals surface area contributed by atoms with Crippen molar-refractivity contribution < 1.29 is 8.78 Å². The number of nitrogens with one attached hydrogen (secondary N) is 2. The highest BCUT2D eigenvalue weighted by molar-refractivity contribution is 14.0. The Morgan fingerprint density at radius 2 is 2.00 bits per heavy atom. The summed E-state index contributed by atoms with van der Waals surface area (Å²) in [7, 11) is 1.69. The van der Waals surface area contributed by atoms with Crippen LogP contribution < -0.4 is 10.6 Å². The number of halogens is 3. The van der Waals surface area contributed by atoms with Gasteiger partial charge in [-0.3, -0.25) is 4.99 Å². The zero-order valence-electron chi connectivity index (χ0n) is 13.9. The molecule has 132 valence electrons. The van der Waals surface area contributed by atoms with Gasteiger partial charge in [0.25, 0.3) is 0 Å². The van der Waals surface area contributed by atoms with Gasteiger partial charge in [-0.2, -0.15) is 0 Å². The Labute approximate surface area is 162 Å². The van der Waals surface area contributed by atoms with Crippen molar-refractivity contribution in [2.75, 3.05) is 13.6 Å². The Kier molecular flexibility index (Phi) is 8.61. The highest BCUT2D eigenvalue weighted by atomic mass is 127. The molecule has 1 unspecified atom stereocenters. The molecule has 2 N–H and O–H groups in total. The van der Waals surface area contributed by atoms with Crippen LogP contribution in [0.4, 0.5) is 8.78 Å². The van der Waals surface area contributed by atoms with Crippen LogP contribution in [0, 0.1) is 18.6 Å². The number of hydrogen-bond donors (Lipinski definition) is 2. The number of hydrogen-bond acceptors (Lipinski definition) is 2. The van der Waals surface area contributed by atoms with Gasteiger partial charge in [-0.1, -0.05) is 13.0 Å². The molecule has 1 atom stereocenters. The maximum atomic E-state index is 13.8. The predicted octanol–water partition coefficient (Wildman–Crippen LogP) is 4.42. The molecule has 0 aliphatic carbocycles. The third-order valence-electron chi connectivity index (χ3n) is 3.68. The summed E-state index contributed by atoms with van der Waals surface area (Å²) in [6.07, 6.45) is 0. The molecule has 0 aliphatic heterocycles. The van der Waals surface area contributed by atoms with Crippen LogP contribution in [0.1, 0.15) is 28.8 Å². The van der Waals surface area contributed by atoms with Crippen molar-refractivity contribution in [1.82, 2.24) is 10.6 Å². The number of nitrogens with zero attached hydrogens (tertiary/aromatic N) is 1. The van der Waals surface area contributed by atoms with Crippen LogP contribution in [-0.2, 0) is 6.54 Å². The highest BCUT2D eigenvalue weighted by Crippen LogP contribution is 2.19. The third kappa shape index (κ3) is 5.70. The number of guanidine groups is 1. The molecule has 0 fully saturated rings. The normalized spacial score (nSPS) is 12.5. The molecule has 24 heavy (non-hydrogen) atoms. The molecule has 1 heterocycles. The Bertz CT molecular complexity index is 688. The fraction of sp³-hybridized carbons (Fsp3) is 0.353. The molecule has 0 radical (unpaired) electrons. The molecule has 1 aromatic heterocycles. The lowest BCUT2D eigenvalue weighted by molar-refractivity contribution is 0.556. The second-order valence-electron chi connectivity index (χ2n) is 5.40. The van der Waals surface area contributed by atoms with E-state index in [2.05, 4.69) is 34.0 Å².